The standard InChI is InChI=1S/C10H15NS2/c1-8-6-13-7-10(8)11-9-2-4-12-5-3-9/h6-7,9,11H,2-5H2,1H3. The van der Waals surface area contributed by atoms with Crippen molar-refractivity contribution >= 4 is 28.8 Å². The molecular weight excluding hydrogens is 198 g/mol. The van der Waals surface area contributed by atoms with Gasteiger partial charge in [0.15, 0.2) is 0 Å². The van der Waals surface area contributed by atoms with Gasteiger partial charge in [0.05, 0.1) is 0 Å². The van der Waals surface area contributed by atoms with Crippen molar-refractivity contribution in [2.75, 3.05) is 16.8 Å². The second-order valence-electron chi connectivity index (χ2n) is 3.50. The number of thiophene rings is 1. The van der Waals surface area contributed by atoms with Gasteiger partial charge in [0.2, 0.25) is 0 Å². The Balaban J connectivity index is 1.93. The average Bonchev–Trinajstić information content (AvgIpc) is 2.54. The topological polar surface area (TPSA) is 12.0 Å². The molecular formula is C10H15NS2. The van der Waals surface area contributed by atoms with Crippen LogP contribution in [0.5, 0.6) is 0 Å². The summed E-state index contributed by atoms with van der Waals surface area (Å²) in [4.78, 5) is 0. The monoisotopic (exact) mass is 213 g/mol. The Morgan fingerprint density at radius 2 is 2.08 bits per heavy atom. The normalized spacial score (nSPS) is 18.8. The van der Waals surface area contributed by atoms with E-state index < -0.39 is 0 Å². The van der Waals surface area contributed by atoms with Crippen molar-refractivity contribution < 1.29 is 0 Å². The Morgan fingerprint density at radius 1 is 1.31 bits per heavy atom. The highest BCUT2D eigenvalue weighted by atomic mass is 32.2. The highest BCUT2D eigenvalue weighted by Gasteiger charge is 2.13. The molecule has 1 aliphatic rings. The molecule has 1 aliphatic heterocycles. The van der Waals surface area contributed by atoms with Crippen LogP contribution >= 0.6 is 23.1 Å². The Labute approximate surface area is 87.9 Å². The maximum absolute atomic E-state index is 3.63. The van der Waals surface area contributed by atoms with Crippen molar-refractivity contribution in [2.45, 2.75) is 25.8 Å². The fourth-order valence-electron chi connectivity index (χ4n) is 1.57. The fraction of sp³-hybridized carbons (Fsp3) is 0.600. The first-order chi connectivity index (χ1) is 6.36. The second-order valence-corrected chi connectivity index (χ2v) is 5.47. The molecule has 0 aliphatic carbocycles. The molecule has 1 fully saturated rings. The Morgan fingerprint density at radius 3 is 2.69 bits per heavy atom. The van der Waals surface area contributed by atoms with Gasteiger partial charge in [-0.3, -0.25) is 0 Å². The van der Waals surface area contributed by atoms with E-state index in [9.17, 15) is 0 Å². The van der Waals surface area contributed by atoms with E-state index in [-0.39, 0.29) is 0 Å². The third-order valence-electron chi connectivity index (χ3n) is 2.44. The summed E-state index contributed by atoms with van der Waals surface area (Å²) >= 11 is 3.87. The Hall–Kier alpha value is -0.150. The van der Waals surface area contributed by atoms with E-state index in [0.29, 0.717) is 0 Å². The summed E-state index contributed by atoms with van der Waals surface area (Å²) in [6, 6.07) is 0.717. The van der Waals surface area contributed by atoms with Gasteiger partial charge in [-0.25, -0.2) is 0 Å². The number of thioether (sulfide) groups is 1. The van der Waals surface area contributed by atoms with E-state index in [1.54, 1.807) is 11.3 Å². The van der Waals surface area contributed by atoms with Gasteiger partial charge in [0, 0.05) is 17.1 Å². The van der Waals surface area contributed by atoms with Gasteiger partial charge < -0.3 is 5.32 Å². The lowest BCUT2D eigenvalue weighted by molar-refractivity contribution is 0.667. The van der Waals surface area contributed by atoms with Crippen molar-refractivity contribution in [3.63, 3.8) is 0 Å². The molecule has 2 rings (SSSR count). The van der Waals surface area contributed by atoms with Crippen LogP contribution in [0.2, 0.25) is 0 Å². The van der Waals surface area contributed by atoms with Crippen LogP contribution in [0.15, 0.2) is 10.8 Å². The van der Waals surface area contributed by atoms with Crippen LogP contribution < -0.4 is 5.32 Å². The molecule has 0 spiro atoms. The summed E-state index contributed by atoms with van der Waals surface area (Å²) < 4.78 is 0. The number of rotatable bonds is 2. The van der Waals surface area contributed by atoms with Crippen LogP contribution in [0.1, 0.15) is 18.4 Å². The summed E-state index contributed by atoms with van der Waals surface area (Å²) in [6.45, 7) is 2.18. The van der Waals surface area contributed by atoms with E-state index in [2.05, 4.69) is 34.8 Å². The predicted octanol–water partition coefficient (Wildman–Crippen LogP) is 3.36. The summed E-state index contributed by atoms with van der Waals surface area (Å²) in [6.07, 6.45) is 2.64. The van der Waals surface area contributed by atoms with Crippen LogP contribution in [0, 0.1) is 6.92 Å². The molecule has 0 unspecified atom stereocenters. The molecule has 72 valence electrons. The van der Waals surface area contributed by atoms with Crippen LogP contribution in [0.4, 0.5) is 5.69 Å². The second kappa shape index (κ2) is 4.38. The summed E-state index contributed by atoms with van der Waals surface area (Å²) in [5.41, 5.74) is 2.74. The Kier molecular flexibility index (Phi) is 3.17. The summed E-state index contributed by atoms with van der Waals surface area (Å²) in [5, 5.41) is 8.05. The Bertz CT molecular complexity index is 264. The highest BCUT2D eigenvalue weighted by Crippen LogP contribution is 2.25. The molecule has 0 radical (unpaired) electrons. The smallest absolute Gasteiger partial charge is 0.0480 e. The molecule has 0 saturated carbocycles. The van der Waals surface area contributed by atoms with Crippen LogP contribution in [-0.2, 0) is 0 Å². The number of nitrogens with one attached hydrogen (secondary N) is 1. The van der Waals surface area contributed by atoms with E-state index in [1.165, 1.54) is 35.6 Å². The molecule has 0 amide bonds. The van der Waals surface area contributed by atoms with Crippen LogP contribution in [-0.4, -0.2) is 17.5 Å². The zero-order valence-corrected chi connectivity index (χ0v) is 9.51. The maximum Gasteiger partial charge on any atom is 0.0480 e. The van der Waals surface area contributed by atoms with Crippen LogP contribution in [0.25, 0.3) is 0 Å². The molecule has 1 nitrogen and oxygen atoms in total. The minimum Gasteiger partial charge on any atom is -0.381 e. The lowest BCUT2D eigenvalue weighted by Crippen LogP contribution is -2.24. The number of anilines is 1. The molecule has 13 heavy (non-hydrogen) atoms. The first-order valence-corrected chi connectivity index (χ1v) is 6.83. The van der Waals surface area contributed by atoms with E-state index in [4.69, 9.17) is 0 Å². The maximum atomic E-state index is 3.63. The zero-order chi connectivity index (χ0) is 9.10. The number of hydrogen-bond donors (Lipinski definition) is 1. The van der Waals surface area contributed by atoms with Crippen molar-refractivity contribution in [3.05, 3.63) is 16.3 Å². The molecule has 1 N–H and O–H groups in total. The predicted molar refractivity (Wildman–Crippen MR) is 63.0 cm³/mol. The minimum absolute atomic E-state index is 0.717. The van der Waals surface area contributed by atoms with Gasteiger partial charge in [0.1, 0.15) is 0 Å². The van der Waals surface area contributed by atoms with E-state index in [0.717, 1.165) is 6.04 Å². The van der Waals surface area contributed by atoms with Crippen molar-refractivity contribution in [3.8, 4) is 0 Å². The summed E-state index contributed by atoms with van der Waals surface area (Å²) in [7, 11) is 0. The van der Waals surface area contributed by atoms with Gasteiger partial charge >= 0.3 is 0 Å². The lowest BCUT2D eigenvalue weighted by Gasteiger charge is -2.23. The largest absolute Gasteiger partial charge is 0.381 e. The van der Waals surface area contributed by atoms with E-state index in [1.807, 2.05) is 0 Å². The first-order valence-electron chi connectivity index (χ1n) is 4.73. The molecule has 1 aromatic heterocycles. The van der Waals surface area contributed by atoms with Gasteiger partial charge in [0.25, 0.3) is 0 Å². The third-order valence-corrected chi connectivity index (χ3v) is 4.35. The van der Waals surface area contributed by atoms with Gasteiger partial charge in [-0.15, -0.1) is 11.3 Å². The molecule has 0 bridgehead atoms. The lowest BCUT2D eigenvalue weighted by atomic mass is 10.1. The van der Waals surface area contributed by atoms with Crippen LogP contribution in [0.3, 0.4) is 0 Å². The van der Waals surface area contributed by atoms with Gasteiger partial charge in [-0.1, -0.05) is 0 Å². The van der Waals surface area contributed by atoms with Gasteiger partial charge in [-0.2, -0.15) is 11.8 Å². The number of hydrogen-bond acceptors (Lipinski definition) is 3. The number of aryl methyl sites for hydroxylation is 1. The van der Waals surface area contributed by atoms with Crippen molar-refractivity contribution in [1.29, 1.82) is 0 Å². The molecule has 0 aromatic carbocycles. The first kappa shape index (κ1) is 9.41. The third kappa shape index (κ3) is 2.41. The molecule has 3 heteroatoms. The SMILES string of the molecule is Cc1cscc1NC1CCSCC1. The zero-order valence-electron chi connectivity index (χ0n) is 7.88. The fourth-order valence-corrected chi connectivity index (χ4v) is 3.47. The average molecular weight is 213 g/mol. The van der Waals surface area contributed by atoms with Gasteiger partial charge in [-0.05, 0) is 42.2 Å². The quantitative estimate of drug-likeness (QED) is 0.808. The molecule has 0 atom stereocenters. The molecule has 2 heterocycles. The van der Waals surface area contributed by atoms with Crippen molar-refractivity contribution in [1.82, 2.24) is 0 Å². The van der Waals surface area contributed by atoms with Crippen molar-refractivity contribution in [2.24, 2.45) is 0 Å². The highest BCUT2D eigenvalue weighted by molar-refractivity contribution is 7.99. The minimum atomic E-state index is 0.717. The molecule has 1 aromatic rings. The summed E-state index contributed by atoms with van der Waals surface area (Å²) in [5.74, 6) is 2.64. The molecule has 1 saturated heterocycles. The van der Waals surface area contributed by atoms with E-state index >= 15 is 0 Å².